The molecule has 2 aliphatic rings. The number of benzene rings is 2. The Hall–Kier alpha value is -3.15. The standard InChI is InChI=1S/C24H27N3O3/c28-21(15-17-9-3-1-4-10-17)27-20-14-8-7-13-19(20)26-24(30)22(27)23(29)25-16-18-11-5-2-6-12-18/h2,5-8,11-14,17,22H,1,3-4,9-10,15-16H2,(H,25,29)(H,26,30). The van der Waals surface area contributed by atoms with Crippen molar-refractivity contribution in [1.82, 2.24) is 5.32 Å². The van der Waals surface area contributed by atoms with Gasteiger partial charge in [-0.25, -0.2) is 0 Å². The number of carbonyl (C=O) groups excluding carboxylic acids is 3. The summed E-state index contributed by atoms with van der Waals surface area (Å²) in [7, 11) is 0. The molecule has 1 aliphatic heterocycles. The smallest absolute Gasteiger partial charge is 0.257 e. The van der Waals surface area contributed by atoms with Crippen LogP contribution in [0.4, 0.5) is 11.4 Å². The Morgan fingerprint density at radius 1 is 0.967 bits per heavy atom. The molecule has 0 spiro atoms. The number of fused-ring (bicyclic) bond motifs is 1. The molecular weight excluding hydrogens is 378 g/mol. The molecule has 1 unspecified atom stereocenters. The third-order valence-electron chi connectivity index (χ3n) is 5.94. The highest BCUT2D eigenvalue weighted by Crippen LogP contribution is 2.34. The lowest BCUT2D eigenvalue weighted by Crippen LogP contribution is -2.58. The van der Waals surface area contributed by atoms with Crippen molar-refractivity contribution >= 4 is 29.1 Å². The Morgan fingerprint density at radius 3 is 2.43 bits per heavy atom. The molecule has 4 rings (SSSR count). The SMILES string of the molecule is O=C(NCc1ccccc1)C1C(=O)Nc2ccccc2N1C(=O)CC1CCCCC1. The number of nitrogens with one attached hydrogen (secondary N) is 2. The van der Waals surface area contributed by atoms with Crippen LogP contribution in [0.5, 0.6) is 0 Å². The lowest BCUT2D eigenvalue weighted by molar-refractivity contribution is -0.132. The predicted molar refractivity (Wildman–Crippen MR) is 116 cm³/mol. The van der Waals surface area contributed by atoms with Crippen LogP contribution < -0.4 is 15.5 Å². The van der Waals surface area contributed by atoms with Gasteiger partial charge in [0.1, 0.15) is 0 Å². The van der Waals surface area contributed by atoms with E-state index in [4.69, 9.17) is 0 Å². The molecule has 0 bridgehead atoms. The van der Waals surface area contributed by atoms with Gasteiger partial charge in [0.25, 0.3) is 11.8 Å². The van der Waals surface area contributed by atoms with Crippen LogP contribution in [-0.4, -0.2) is 23.8 Å². The van der Waals surface area contributed by atoms with Crippen LogP contribution in [-0.2, 0) is 20.9 Å². The summed E-state index contributed by atoms with van der Waals surface area (Å²) in [5.41, 5.74) is 2.08. The topological polar surface area (TPSA) is 78.5 Å². The van der Waals surface area contributed by atoms with Crippen molar-refractivity contribution in [2.45, 2.75) is 51.1 Å². The van der Waals surface area contributed by atoms with Crippen LogP contribution in [0.3, 0.4) is 0 Å². The van der Waals surface area contributed by atoms with Crippen molar-refractivity contribution in [1.29, 1.82) is 0 Å². The molecule has 6 nitrogen and oxygen atoms in total. The summed E-state index contributed by atoms with van der Waals surface area (Å²) in [5.74, 6) is -0.792. The van der Waals surface area contributed by atoms with E-state index >= 15 is 0 Å². The third kappa shape index (κ3) is 4.37. The van der Waals surface area contributed by atoms with Crippen LogP contribution >= 0.6 is 0 Å². The molecule has 1 fully saturated rings. The van der Waals surface area contributed by atoms with Crippen LogP contribution in [0.2, 0.25) is 0 Å². The second kappa shape index (κ2) is 9.11. The first-order chi connectivity index (χ1) is 14.6. The molecule has 1 saturated carbocycles. The first-order valence-electron chi connectivity index (χ1n) is 10.7. The largest absolute Gasteiger partial charge is 0.350 e. The van der Waals surface area contributed by atoms with E-state index in [9.17, 15) is 14.4 Å². The lowest BCUT2D eigenvalue weighted by Gasteiger charge is -2.36. The molecule has 2 aromatic carbocycles. The van der Waals surface area contributed by atoms with Gasteiger partial charge < -0.3 is 10.6 Å². The second-order valence-electron chi connectivity index (χ2n) is 8.08. The van der Waals surface area contributed by atoms with E-state index in [0.717, 1.165) is 31.2 Å². The minimum atomic E-state index is -1.21. The van der Waals surface area contributed by atoms with Crippen molar-refractivity contribution in [3.8, 4) is 0 Å². The first-order valence-corrected chi connectivity index (χ1v) is 10.7. The van der Waals surface area contributed by atoms with E-state index in [1.54, 1.807) is 18.2 Å². The fourth-order valence-corrected chi connectivity index (χ4v) is 4.38. The molecule has 0 saturated heterocycles. The average Bonchev–Trinajstić information content (AvgIpc) is 2.78. The fraction of sp³-hybridized carbons (Fsp3) is 0.375. The van der Waals surface area contributed by atoms with Crippen molar-refractivity contribution in [3.63, 3.8) is 0 Å². The van der Waals surface area contributed by atoms with Crippen molar-refractivity contribution in [2.24, 2.45) is 5.92 Å². The van der Waals surface area contributed by atoms with Gasteiger partial charge in [-0.2, -0.15) is 0 Å². The van der Waals surface area contributed by atoms with Crippen LogP contribution in [0.25, 0.3) is 0 Å². The number of para-hydroxylation sites is 2. The fourth-order valence-electron chi connectivity index (χ4n) is 4.38. The Bertz CT molecular complexity index is 922. The number of rotatable bonds is 5. The molecule has 1 atom stereocenters. The minimum Gasteiger partial charge on any atom is -0.350 e. The number of hydrogen-bond acceptors (Lipinski definition) is 3. The van der Waals surface area contributed by atoms with E-state index in [1.165, 1.54) is 11.3 Å². The Morgan fingerprint density at radius 2 is 1.67 bits per heavy atom. The summed E-state index contributed by atoms with van der Waals surface area (Å²) in [6, 6.07) is 15.5. The van der Waals surface area contributed by atoms with Gasteiger partial charge in [0, 0.05) is 13.0 Å². The van der Waals surface area contributed by atoms with Gasteiger partial charge in [-0.15, -0.1) is 0 Å². The van der Waals surface area contributed by atoms with E-state index in [2.05, 4.69) is 10.6 Å². The quantitative estimate of drug-likeness (QED) is 0.746. The minimum absolute atomic E-state index is 0.163. The van der Waals surface area contributed by atoms with Gasteiger partial charge in [0.05, 0.1) is 11.4 Å². The summed E-state index contributed by atoms with van der Waals surface area (Å²) >= 11 is 0. The Labute approximate surface area is 176 Å². The monoisotopic (exact) mass is 405 g/mol. The van der Waals surface area contributed by atoms with Gasteiger partial charge in [-0.05, 0) is 36.5 Å². The molecule has 2 N–H and O–H groups in total. The second-order valence-corrected chi connectivity index (χ2v) is 8.08. The summed E-state index contributed by atoms with van der Waals surface area (Å²) < 4.78 is 0. The first kappa shape index (κ1) is 20.1. The molecule has 0 radical (unpaired) electrons. The van der Waals surface area contributed by atoms with Crippen LogP contribution in [0, 0.1) is 5.92 Å². The van der Waals surface area contributed by atoms with Crippen LogP contribution in [0.15, 0.2) is 54.6 Å². The zero-order valence-electron chi connectivity index (χ0n) is 17.0. The van der Waals surface area contributed by atoms with Gasteiger partial charge in [0.15, 0.2) is 6.04 Å². The Balaban J connectivity index is 1.57. The van der Waals surface area contributed by atoms with Gasteiger partial charge in [0.2, 0.25) is 5.91 Å². The summed E-state index contributed by atoms with van der Waals surface area (Å²) in [6.45, 7) is 0.301. The zero-order chi connectivity index (χ0) is 20.9. The molecule has 2 aromatic rings. The molecular formula is C24H27N3O3. The van der Waals surface area contributed by atoms with E-state index in [0.29, 0.717) is 30.3 Å². The molecule has 1 aliphatic carbocycles. The number of hydrogen-bond donors (Lipinski definition) is 2. The average molecular weight is 405 g/mol. The maximum absolute atomic E-state index is 13.3. The van der Waals surface area contributed by atoms with Gasteiger partial charge >= 0.3 is 0 Å². The van der Waals surface area contributed by atoms with E-state index < -0.39 is 17.9 Å². The molecule has 6 heteroatoms. The molecule has 0 aromatic heterocycles. The van der Waals surface area contributed by atoms with E-state index in [-0.39, 0.29) is 5.91 Å². The number of carbonyl (C=O) groups is 3. The number of nitrogens with zero attached hydrogens (tertiary/aromatic N) is 1. The maximum Gasteiger partial charge on any atom is 0.257 e. The van der Waals surface area contributed by atoms with Crippen molar-refractivity contribution < 1.29 is 14.4 Å². The molecule has 1 heterocycles. The number of amides is 3. The zero-order valence-corrected chi connectivity index (χ0v) is 17.0. The van der Waals surface area contributed by atoms with Gasteiger partial charge in [-0.3, -0.25) is 19.3 Å². The highest BCUT2D eigenvalue weighted by atomic mass is 16.2. The maximum atomic E-state index is 13.3. The summed E-state index contributed by atoms with van der Waals surface area (Å²) in [6.07, 6.45) is 5.90. The van der Waals surface area contributed by atoms with Crippen molar-refractivity contribution in [2.75, 3.05) is 10.2 Å². The number of anilines is 2. The predicted octanol–water partition coefficient (Wildman–Crippen LogP) is 3.63. The summed E-state index contributed by atoms with van der Waals surface area (Å²) in [5, 5.41) is 5.61. The normalized spacial score (nSPS) is 19.0. The highest BCUT2D eigenvalue weighted by Gasteiger charge is 2.41. The van der Waals surface area contributed by atoms with Crippen LogP contribution in [0.1, 0.15) is 44.1 Å². The van der Waals surface area contributed by atoms with Crippen molar-refractivity contribution in [3.05, 3.63) is 60.2 Å². The lowest BCUT2D eigenvalue weighted by atomic mass is 9.86. The Kier molecular flexibility index (Phi) is 6.12. The van der Waals surface area contributed by atoms with E-state index in [1.807, 2.05) is 36.4 Å². The third-order valence-corrected chi connectivity index (χ3v) is 5.94. The molecule has 3 amide bonds. The molecule has 30 heavy (non-hydrogen) atoms. The van der Waals surface area contributed by atoms with Gasteiger partial charge in [-0.1, -0.05) is 61.7 Å². The molecule has 156 valence electrons. The summed E-state index contributed by atoms with van der Waals surface area (Å²) in [4.78, 5) is 40.6. The highest BCUT2D eigenvalue weighted by molar-refractivity contribution is 6.21.